The summed E-state index contributed by atoms with van der Waals surface area (Å²) in [5.74, 6) is -2.10. The number of hydrogen-bond donors (Lipinski definition) is 1. The molecule has 2 aromatic carbocycles. The van der Waals surface area contributed by atoms with Gasteiger partial charge >= 0.3 is 0 Å². The van der Waals surface area contributed by atoms with Crippen molar-refractivity contribution >= 4 is 27.2 Å². The molecule has 0 fully saturated rings. The number of benzene rings is 2. The fourth-order valence-electron chi connectivity index (χ4n) is 2.86. The first-order chi connectivity index (χ1) is 12.9. The van der Waals surface area contributed by atoms with Gasteiger partial charge in [0.1, 0.15) is 24.0 Å². The standard InChI is InChI=1S/C20H16BrF4NO/c1-11-15(21)9-14(12-5-3-2-4-6-12)20(26-11)19-16(22)7-13(8-17(19)23)27-10-18(24)25/h2-8,15,18,26H,1,9-10H2. The third kappa shape index (κ3) is 4.35. The van der Waals surface area contributed by atoms with Gasteiger partial charge in [-0.15, -0.1) is 0 Å². The van der Waals surface area contributed by atoms with Crippen LogP contribution in [0.25, 0.3) is 11.3 Å². The second kappa shape index (κ2) is 8.17. The molecular formula is C20H16BrF4NO. The predicted molar refractivity (Wildman–Crippen MR) is 101 cm³/mol. The Morgan fingerprint density at radius 2 is 1.78 bits per heavy atom. The van der Waals surface area contributed by atoms with Crippen molar-refractivity contribution in [2.45, 2.75) is 17.7 Å². The highest BCUT2D eigenvalue weighted by Gasteiger charge is 2.27. The van der Waals surface area contributed by atoms with E-state index in [9.17, 15) is 17.6 Å². The van der Waals surface area contributed by atoms with Crippen molar-refractivity contribution < 1.29 is 22.3 Å². The quantitative estimate of drug-likeness (QED) is 0.471. The Bertz CT molecular complexity index is 860. The van der Waals surface area contributed by atoms with Crippen molar-refractivity contribution in [3.8, 4) is 5.75 Å². The lowest BCUT2D eigenvalue weighted by Crippen LogP contribution is -2.26. The van der Waals surface area contributed by atoms with Crippen molar-refractivity contribution in [2.24, 2.45) is 0 Å². The zero-order valence-electron chi connectivity index (χ0n) is 14.1. The van der Waals surface area contributed by atoms with Crippen LogP contribution in [0.5, 0.6) is 5.75 Å². The van der Waals surface area contributed by atoms with Gasteiger partial charge < -0.3 is 10.1 Å². The molecule has 142 valence electrons. The van der Waals surface area contributed by atoms with Crippen molar-refractivity contribution in [3.63, 3.8) is 0 Å². The van der Waals surface area contributed by atoms with E-state index in [1.165, 1.54) is 0 Å². The minimum absolute atomic E-state index is 0.101. The summed E-state index contributed by atoms with van der Waals surface area (Å²) in [6, 6.07) is 11.0. The summed E-state index contributed by atoms with van der Waals surface area (Å²) in [6.07, 6.45) is -2.25. The van der Waals surface area contributed by atoms with Gasteiger partial charge in [-0.05, 0) is 17.6 Å². The van der Waals surface area contributed by atoms with Gasteiger partial charge in [0.25, 0.3) is 6.43 Å². The zero-order chi connectivity index (χ0) is 19.6. The molecule has 1 atom stereocenters. The summed E-state index contributed by atoms with van der Waals surface area (Å²) >= 11 is 3.50. The molecule has 1 aliphatic heterocycles. The molecule has 0 bridgehead atoms. The molecule has 0 amide bonds. The normalized spacial score (nSPS) is 17.3. The van der Waals surface area contributed by atoms with Crippen LogP contribution in [0.15, 0.2) is 54.7 Å². The summed E-state index contributed by atoms with van der Waals surface area (Å²) in [7, 11) is 0. The third-order valence-corrected chi connectivity index (χ3v) is 4.99. The number of halogens is 5. The molecule has 0 saturated carbocycles. The van der Waals surface area contributed by atoms with E-state index < -0.39 is 24.7 Å². The number of alkyl halides is 3. The highest BCUT2D eigenvalue weighted by molar-refractivity contribution is 9.09. The first-order valence-electron chi connectivity index (χ1n) is 8.15. The van der Waals surface area contributed by atoms with Gasteiger partial charge in [-0.1, -0.05) is 52.8 Å². The Labute approximate surface area is 162 Å². The Balaban J connectivity index is 2.09. The van der Waals surface area contributed by atoms with Crippen LogP contribution in [-0.2, 0) is 0 Å². The molecule has 1 heterocycles. The molecule has 0 spiro atoms. The van der Waals surface area contributed by atoms with Crippen LogP contribution in [0.2, 0.25) is 0 Å². The van der Waals surface area contributed by atoms with Gasteiger partial charge in [0.05, 0.1) is 16.1 Å². The van der Waals surface area contributed by atoms with E-state index in [1.807, 2.05) is 30.3 Å². The highest BCUT2D eigenvalue weighted by Crippen LogP contribution is 2.39. The second-order valence-electron chi connectivity index (χ2n) is 6.01. The van der Waals surface area contributed by atoms with E-state index in [0.717, 1.165) is 17.7 Å². The van der Waals surface area contributed by atoms with Crippen LogP contribution >= 0.6 is 15.9 Å². The number of ether oxygens (including phenoxy) is 1. The molecule has 0 radical (unpaired) electrons. The van der Waals surface area contributed by atoms with Crippen molar-refractivity contribution in [2.75, 3.05) is 6.61 Å². The van der Waals surface area contributed by atoms with E-state index in [2.05, 4.69) is 27.8 Å². The van der Waals surface area contributed by atoms with Crippen LogP contribution in [-0.4, -0.2) is 17.9 Å². The molecule has 2 aromatic rings. The fraction of sp³-hybridized carbons (Fsp3) is 0.200. The lowest BCUT2D eigenvalue weighted by atomic mass is 9.91. The highest BCUT2D eigenvalue weighted by atomic mass is 79.9. The minimum atomic E-state index is -2.73. The Morgan fingerprint density at radius 1 is 1.15 bits per heavy atom. The summed E-state index contributed by atoms with van der Waals surface area (Å²) in [4.78, 5) is -0.101. The van der Waals surface area contributed by atoms with E-state index >= 15 is 0 Å². The van der Waals surface area contributed by atoms with Crippen molar-refractivity contribution in [1.82, 2.24) is 5.32 Å². The van der Waals surface area contributed by atoms with Crippen LogP contribution in [0, 0.1) is 11.6 Å². The van der Waals surface area contributed by atoms with Gasteiger partial charge in [-0.25, -0.2) is 17.6 Å². The van der Waals surface area contributed by atoms with Gasteiger partial charge in [0.2, 0.25) is 0 Å². The molecule has 3 rings (SSSR count). The first kappa shape index (κ1) is 19.5. The summed E-state index contributed by atoms with van der Waals surface area (Å²) in [5.41, 5.74) is 2.08. The van der Waals surface area contributed by atoms with E-state index in [0.29, 0.717) is 17.7 Å². The van der Waals surface area contributed by atoms with Crippen molar-refractivity contribution in [1.29, 1.82) is 0 Å². The second-order valence-corrected chi connectivity index (χ2v) is 7.11. The molecular weight excluding hydrogens is 426 g/mol. The van der Waals surface area contributed by atoms with Gasteiger partial charge in [0.15, 0.2) is 0 Å². The largest absolute Gasteiger partial charge is 0.487 e. The SMILES string of the molecule is C=C1NC(c2c(F)cc(OCC(F)F)cc2F)=C(c2ccccc2)CC1Br. The van der Waals surface area contributed by atoms with E-state index in [-0.39, 0.29) is 21.8 Å². The third-order valence-electron chi connectivity index (χ3n) is 4.11. The number of rotatable bonds is 5. The topological polar surface area (TPSA) is 21.3 Å². The molecule has 1 aliphatic rings. The average Bonchev–Trinajstić information content (AvgIpc) is 2.63. The number of nitrogens with one attached hydrogen (secondary N) is 1. The predicted octanol–water partition coefficient (Wildman–Crippen LogP) is 5.75. The monoisotopic (exact) mass is 441 g/mol. The molecule has 2 nitrogen and oxygen atoms in total. The zero-order valence-corrected chi connectivity index (χ0v) is 15.7. The van der Waals surface area contributed by atoms with Gasteiger partial charge in [0, 0.05) is 17.8 Å². The summed E-state index contributed by atoms with van der Waals surface area (Å²) in [5, 5.41) is 2.98. The van der Waals surface area contributed by atoms with Crippen LogP contribution in [0.1, 0.15) is 17.5 Å². The van der Waals surface area contributed by atoms with Gasteiger partial charge in [-0.2, -0.15) is 0 Å². The number of allylic oxidation sites excluding steroid dienone is 2. The number of hydrogen-bond acceptors (Lipinski definition) is 2. The van der Waals surface area contributed by atoms with Crippen molar-refractivity contribution in [3.05, 3.63) is 77.5 Å². The Kier molecular flexibility index (Phi) is 5.89. The lowest BCUT2D eigenvalue weighted by molar-refractivity contribution is 0.0815. The summed E-state index contributed by atoms with van der Waals surface area (Å²) < 4.78 is 58.7. The fourth-order valence-corrected chi connectivity index (χ4v) is 3.30. The molecule has 1 N–H and O–H groups in total. The maximum Gasteiger partial charge on any atom is 0.272 e. The minimum Gasteiger partial charge on any atom is -0.487 e. The van der Waals surface area contributed by atoms with Crippen LogP contribution < -0.4 is 10.1 Å². The molecule has 0 saturated heterocycles. The molecule has 7 heteroatoms. The molecule has 27 heavy (non-hydrogen) atoms. The molecule has 1 unspecified atom stereocenters. The average molecular weight is 442 g/mol. The maximum atomic E-state index is 14.7. The first-order valence-corrected chi connectivity index (χ1v) is 9.07. The van der Waals surface area contributed by atoms with Crippen LogP contribution in [0.3, 0.4) is 0 Å². The molecule has 0 aliphatic carbocycles. The lowest BCUT2D eigenvalue weighted by Gasteiger charge is -2.28. The Hall–Kier alpha value is -2.28. The maximum absolute atomic E-state index is 14.7. The van der Waals surface area contributed by atoms with E-state index in [1.54, 1.807) is 0 Å². The van der Waals surface area contributed by atoms with Gasteiger partial charge in [-0.3, -0.25) is 0 Å². The smallest absolute Gasteiger partial charge is 0.272 e. The molecule has 0 aromatic heterocycles. The van der Waals surface area contributed by atoms with Crippen LogP contribution in [0.4, 0.5) is 17.6 Å². The van der Waals surface area contributed by atoms with E-state index in [4.69, 9.17) is 4.74 Å². The Morgan fingerprint density at radius 3 is 2.37 bits per heavy atom. The summed E-state index contributed by atoms with van der Waals surface area (Å²) in [6.45, 7) is 2.95.